The first kappa shape index (κ1) is 16.1. The van der Waals surface area contributed by atoms with Crippen LogP contribution in [0.15, 0.2) is 0 Å². The molecular formula is C8H16F3O2P. The molecule has 0 aliphatic rings. The highest BCUT2D eigenvalue weighted by Crippen LogP contribution is 2.32. The number of carboxylic acid groups (broad SMARTS) is 1. The Morgan fingerprint density at radius 2 is 1.36 bits per heavy atom. The largest absolute Gasteiger partial charge is 0.490 e. The number of hydrogen-bond donors (Lipinski definition) is 1. The van der Waals surface area contributed by atoms with Gasteiger partial charge >= 0.3 is 12.1 Å². The van der Waals surface area contributed by atoms with Crippen LogP contribution in [0.25, 0.3) is 0 Å². The van der Waals surface area contributed by atoms with Crippen LogP contribution in [-0.2, 0) is 4.79 Å². The molecule has 0 radical (unpaired) electrons. The van der Waals surface area contributed by atoms with Gasteiger partial charge in [-0.05, 0) is 18.5 Å². The fourth-order valence-corrected chi connectivity index (χ4v) is 2.01. The van der Waals surface area contributed by atoms with E-state index in [0.29, 0.717) is 7.92 Å². The molecule has 0 unspecified atom stereocenters. The van der Waals surface area contributed by atoms with E-state index in [-0.39, 0.29) is 0 Å². The summed E-state index contributed by atoms with van der Waals surface area (Å²) in [6.07, 6.45) is -0.826. The number of aliphatic carboxylic acids is 1. The van der Waals surface area contributed by atoms with Gasteiger partial charge in [-0.1, -0.05) is 20.8 Å². The van der Waals surface area contributed by atoms with Crippen molar-refractivity contribution in [1.82, 2.24) is 0 Å². The number of carboxylic acids is 1. The summed E-state index contributed by atoms with van der Waals surface area (Å²) in [6.45, 7) is 6.87. The summed E-state index contributed by atoms with van der Waals surface area (Å²) in [7, 11) is 0.446. The highest BCUT2D eigenvalue weighted by molar-refractivity contribution is 7.57. The molecule has 0 atom stereocenters. The van der Waals surface area contributed by atoms with Gasteiger partial charge in [-0.25, -0.2) is 4.79 Å². The third kappa shape index (κ3) is 9.78. The normalized spacial score (nSPS) is 10.8. The van der Waals surface area contributed by atoms with E-state index in [1.54, 1.807) is 0 Å². The summed E-state index contributed by atoms with van der Waals surface area (Å²) in [5, 5.41) is 7.12. The Hall–Kier alpha value is -0.310. The summed E-state index contributed by atoms with van der Waals surface area (Å²) in [6, 6.07) is 0. The van der Waals surface area contributed by atoms with Gasteiger partial charge in [0.05, 0.1) is 0 Å². The van der Waals surface area contributed by atoms with Gasteiger partial charge in [0.15, 0.2) is 0 Å². The third-order valence-corrected chi connectivity index (χ3v) is 4.27. The van der Waals surface area contributed by atoms with Gasteiger partial charge in [-0.2, -0.15) is 13.2 Å². The van der Waals surface area contributed by atoms with E-state index in [1.807, 2.05) is 0 Å². The predicted octanol–water partition coefficient (Wildman–Crippen LogP) is 3.16. The van der Waals surface area contributed by atoms with E-state index in [2.05, 4.69) is 20.8 Å². The summed E-state index contributed by atoms with van der Waals surface area (Å²) >= 11 is 0. The summed E-state index contributed by atoms with van der Waals surface area (Å²) in [5.41, 5.74) is 0. The molecule has 14 heavy (non-hydrogen) atoms. The van der Waals surface area contributed by atoms with Crippen LogP contribution in [0, 0.1) is 0 Å². The van der Waals surface area contributed by atoms with Crippen LogP contribution in [0.1, 0.15) is 20.8 Å². The van der Waals surface area contributed by atoms with Crippen LogP contribution in [0.3, 0.4) is 0 Å². The molecule has 0 aromatic carbocycles. The molecule has 0 saturated heterocycles. The zero-order chi connectivity index (χ0) is 11.8. The number of rotatable bonds is 3. The van der Waals surface area contributed by atoms with Crippen molar-refractivity contribution in [2.75, 3.05) is 18.5 Å². The topological polar surface area (TPSA) is 37.3 Å². The first-order valence-corrected chi connectivity index (χ1v) is 6.21. The SMILES string of the molecule is CCP(CC)CC.O=C(O)C(F)(F)F. The van der Waals surface area contributed by atoms with Crippen LogP contribution in [0.5, 0.6) is 0 Å². The van der Waals surface area contributed by atoms with E-state index in [0.717, 1.165) is 0 Å². The molecule has 0 fully saturated rings. The molecule has 0 aliphatic heterocycles. The zero-order valence-corrected chi connectivity index (χ0v) is 9.45. The summed E-state index contributed by atoms with van der Waals surface area (Å²) in [5.74, 6) is -2.76. The van der Waals surface area contributed by atoms with Crippen molar-refractivity contribution in [2.24, 2.45) is 0 Å². The maximum Gasteiger partial charge on any atom is 0.490 e. The lowest BCUT2D eigenvalue weighted by Gasteiger charge is -2.07. The summed E-state index contributed by atoms with van der Waals surface area (Å²) < 4.78 is 31.7. The maximum absolute atomic E-state index is 10.6. The number of halogens is 3. The average molecular weight is 232 g/mol. The number of alkyl halides is 3. The number of carbonyl (C=O) groups is 1. The molecule has 0 saturated carbocycles. The molecule has 1 N–H and O–H groups in total. The Bertz CT molecular complexity index is 150. The second-order valence-electron chi connectivity index (χ2n) is 2.42. The maximum atomic E-state index is 10.6. The molecule has 0 heterocycles. The smallest absolute Gasteiger partial charge is 0.475 e. The minimum atomic E-state index is -5.08. The van der Waals surface area contributed by atoms with Crippen LogP contribution in [-0.4, -0.2) is 35.7 Å². The van der Waals surface area contributed by atoms with Gasteiger partial charge in [0.25, 0.3) is 0 Å². The second-order valence-corrected chi connectivity index (χ2v) is 5.66. The van der Waals surface area contributed by atoms with Gasteiger partial charge in [-0.15, -0.1) is 7.92 Å². The molecule has 86 valence electrons. The van der Waals surface area contributed by atoms with Crippen LogP contribution < -0.4 is 0 Å². The van der Waals surface area contributed by atoms with E-state index in [9.17, 15) is 13.2 Å². The van der Waals surface area contributed by atoms with Crippen LogP contribution >= 0.6 is 7.92 Å². The number of hydrogen-bond acceptors (Lipinski definition) is 1. The Labute approximate surface area is 83.3 Å². The van der Waals surface area contributed by atoms with E-state index in [1.165, 1.54) is 18.5 Å². The van der Waals surface area contributed by atoms with E-state index >= 15 is 0 Å². The van der Waals surface area contributed by atoms with Crippen molar-refractivity contribution < 1.29 is 23.1 Å². The van der Waals surface area contributed by atoms with Crippen LogP contribution in [0.2, 0.25) is 0 Å². The van der Waals surface area contributed by atoms with Crippen molar-refractivity contribution >= 4 is 13.9 Å². The second kappa shape index (κ2) is 8.04. The monoisotopic (exact) mass is 232 g/mol. The van der Waals surface area contributed by atoms with Gasteiger partial charge < -0.3 is 5.11 Å². The standard InChI is InChI=1S/C6H15P.C2HF3O2/c1-4-7(5-2)6-3;3-2(4,5)1(6)7/h4-6H2,1-3H3;(H,6,7). The zero-order valence-electron chi connectivity index (χ0n) is 8.56. The van der Waals surface area contributed by atoms with Crippen molar-refractivity contribution in [1.29, 1.82) is 0 Å². The quantitative estimate of drug-likeness (QED) is 0.759. The summed E-state index contributed by atoms with van der Waals surface area (Å²) in [4.78, 5) is 8.90. The Morgan fingerprint density at radius 3 is 1.36 bits per heavy atom. The van der Waals surface area contributed by atoms with Crippen molar-refractivity contribution in [2.45, 2.75) is 26.9 Å². The van der Waals surface area contributed by atoms with Crippen molar-refractivity contribution in [3.8, 4) is 0 Å². The van der Waals surface area contributed by atoms with Gasteiger partial charge in [0.1, 0.15) is 0 Å². The average Bonchev–Trinajstić information content (AvgIpc) is 2.07. The molecule has 0 aliphatic carbocycles. The highest BCUT2D eigenvalue weighted by Gasteiger charge is 2.38. The van der Waals surface area contributed by atoms with Crippen molar-refractivity contribution in [3.05, 3.63) is 0 Å². The molecular weight excluding hydrogens is 216 g/mol. The molecule has 0 amide bonds. The fraction of sp³-hybridized carbons (Fsp3) is 0.875. The van der Waals surface area contributed by atoms with E-state index < -0.39 is 12.1 Å². The molecule has 0 spiro atoms. The van der Waals surface area contributed by atoms with Crippen LogP contribution in [0.4, 0.5) is 13.2 Å². The Kier molecular flexibility index (Phi) is 9.26. The molecule has 0 rings (SSSR count). The molecule has 0 aromatic rings. The van der Waals surface area contributed by atoms with E-state index in [4.69, 9.17) is 9.90 Å². The molecule has 0 aromatic heterocycles. The highest BCUT2D eigenvalue weighted by atomic mass is 31.1. The van der Waals surface area contributed by atoms with Gasteiger partial charge in [0.2, 0.25) is 0 Å². The lowest BCUT2D eigenvalue weighted by molar-refractivity contribution is -0.192. The third-order valence-electron chi connectivity index (χ3n) is 1.58. The fourth-order valence-electron chi connectivity index (χ4n) is 0.671. The predicted molar refractivity (Wildman–Crippen MR) is 52.2 cm³/mol. The van der Waals surface area contributed by atoms with Gasteiger partial charge in [-0.3, -0.25) is 0 Å². The molecule has 6 heteroatoms. The van der Waals surface area contributed by atoms with Crippen molar-refractivity contribution in [3.63, 3.8) is 0 Å². The molecule has 2 nitrogen and oxygen atoms in total. The first-order chi connectivity index (χ1) is 6.29. The lowest BCUT2D eigenvalue weighted by Crippen LogP contribution is -2.21. The lowest BCUT2D eigenvalue weighted by atomic mass is 10.7. The molecule has 0 bridgehead atoms. The Balaban J connectivity index is 0. The first-order valence-electron chi connectivity index (χ1n) is 4.31. The Morgan fingerprint density at radius 1 is 1.14 bits per heavy atom. The van der Waals surface area contributed by atoms with Gasteiger partial charge in [0, 0.05) is 0 Å². The minimum Gasteiger partial charge on any atom is -0.475 e. The minimum absolute atomic E-state index is 0.446.